The Bertz CT molecular complexity index is 1090. The van der Waals surface area contributed by atoms with Crippen LogP contribution in [-0.4, -0.2) is 36.2 Å². The van der Waals surface area contributed by atoms with Crippen LogP contribution in [0.2, 0.25) is 5.15 Å². The molecule has 3 atom stereocenters. The smallest absolute Gasteiger partial charge is 0.307 e. The van der Waals surface area contributed by atoms with Gasteiger partial charge < -0.3 is 9.05 Å². The van der Waals surface area contributed by atoms with Crippen molar-refractivity contribution >= 4 is 42.9 Å². The molecule has 3 heterocycles. The second-order valence-corrected chi connectivity index (χ2v) is 9.58. The van der Waals surface area contributed by atoms with E-state index in [9.17, 15) is 14.2 Å². The number of aliphatic imine (C=N–C) groups is 1. The number of rotatable bonds is 7. The zero-order chi connectivity index (χ0) is 22.2. The molecule has 1 aromatic heterocycles. The van der Waals surface area contributed by atoms with Crippen LogP contribution in [0.25, 0.3) is 0 Å². The monoisotopic (exact) mass is 461 g/mol. The van der Waals surface area contributed by atoms with Gasteiger partial charge in [-0.25, -0.2) is 9.88 Å². The maximum absolute atomic E-state index is 14.2. The van der Waals surface area contributed by atoms with E-state index in [0.29, 0.717) is 5.56 Å². The van der Waals surface area contributed by atoms with Crippen LogP contribution in [0.1, 0.15) is 19.4 Å². The number of carbonyl (C=O) groups is 2. The van der Waals surface area contributed by atoms with Gasteiger partial charge in [0.15, 0.2) is 10.4 Å². The lowest BCUT2D eigenvalue weighted by Gasteiger charge is -2.37. The summed E-state index contributed by atoms with van der Waals surface area (Å²) in [7, 11) is -4.03. The van der Waals surface area contributed by atoms with Gasteiger partial charge in [-0.1, -0.05) is 41.9 Å². The highest BCUT2D eigenvalue weighted by molar-refractivity contribution is 7.55. The molecule has 2 amide bonds. The molecule has 0 N–H and O–H groups in total. The highest BCUT2D eigenvalue weighted by atomic mass is 35.5. The van der Waals surface area contributed by atoms with Gasteiger partial charge in [0.1, 0.15) is 0 Å². The van der Waals surface area contributed by atoms with Crippen molar-refractivity contribution in [1.82, 2.24) is 4.98 Å². The summed E-state index contributed by atoms with van der Waals surface area (Å²) in [5, 5.41) is -1.68. The molecule has 10 heteroatoms. The molecule has 0 bridgehead atoms. The number of imide groups is 1. The van der Waals surface area contributed by atoms with Crippen molar-refractivity contribution in [2.24, 2.45) is 16.8 Å². The lowest BCUT2D eigenvalue weighted by molar-refractivity contribution is -0.123. The largest absolute Gasteiger partial charge is 0.363 e. The van der Waals surface area contributed by atoms with E-state index in [-0.39, 0.29) is 24.1 Å². The molecule has 31 heavy (non-hydrogen) atoms. The Hall–Kier alpha value is -2.38. The second-order valence-electron chi connectivity index (χ2n) is 7.03. The Labute approximate surface area is 184 Å². The minimum absolute atomic E-state index is 0.0178. The van der Waals surface area contributed by atoms with E-state index in [2.05, 4.69) is 9.98 Å². The quantitative estimate of drug-likeness (QED) is 0.350. The number of amides is 2. The summed E-state index contributed by atoms with van der Waals surface area (Å²) in [6.07, 6.45) is 2.85. The van der Waals surface area contributed by atoms with Crippen molar-refractivity contribution in [1.29, 1.82) is 0 Å². The number of anilines is 1. The molecular formula is C21H21ClN3O5P. The van der Waals surface area contributed by atoms with Gasteiger partial charge >= 0.3 is 7.60 Å². The maximum Gasteiger partial charge on any atom is 0.363 e. The third-order valence-electron chi connectivity index (χ3n) is 5.41. The van der Waals surface area contributed by atoms with Crippen LogP contribution in [0.3, 0.4) is 0 Å². The number of nitrogens with zero attached hydrogens (tertiary/aromatic N) is 3. The summed E-state index contributed by atoms with van der Waals surface area (Å²) in [6, 6.07) is 11.8. The number of hydrogen-bond acceptors (Lipinski definition) is 7. The van der Waals surface area contributed by atoms with Crippen molar-refractivity contribution in [2.75, 3.05) is 18.1 Å². The summed E-state index contributed by atoms with van der Waals surface area (Å²) in [5.74, 6) is -3.13. The van der Waals surface area contributed by atoms with Crippen LogP contribution >= 0.6 is 19.2 Å². The summed E-state index contributed by atoms with van der Waals surface area (Å²) in [5.41, 5.74) is 0.649. The van der Waals surface area contributed by atoms with Crippen molar-refractivity contribution in [3.05, 3.63) is 59.4 Å². The van der Waals surface area contributed by atoms with Crippen molar-refractivity contribution in [2.45, 2.75) is 19.1 Å². The minimum Gasteiger partial charge on any atom is -0.307 e. The first-order valence-electron chi connectivity index (χ1n) is 9.89. The summed E-state index contributed by atoms with van der Waals surface area (Å²) >= 11 is 6.17. The second kappa shape index (κ2) is 8.28. The number of fused-ring (bicyclic) bond motifs is 1. The van der Waals surface area contributed by atoms with Crippen LogP contribution in [0, 0.1) is 11.8 Å². The first kappa shape index (κ1) is 21.8. The first-order valence-corrected chi connectivity index (χ1v) is 11.8. The summed E-state index contributed by atoms with van der Waals surface area (Å²) < 4.78 is 25.5. The Kier molecular flexibility index (Phi) is 5.83. The predicted octanol–water partition coefficient (Wildman–Crippen LogP) is 4.04. The molecule has 162 valence electrons. The van der Waals surface area contributed by atoms with Gasteiger partial charge in [0, 0.05) is 12.4 Å². The summed E-state index contributed by atoms with van der Waals surface area (Å²) in [6.45, 7) is 3.53. The Morgan fingerprint density at radius 1 is 1.06 bits per heavy atom. The van der Waals surface area contributed by atoms with Crippen LogP contribution in [0.5, 0.6) is 0 Å². The fraction of sp³-hybridized carbons (Fsp3) is 0.333. The normalized spacial score (nSPS) is 25.3. The van der Waals surface area contributed by atoms with Gasteiger partial charge in [-0.15, -0.1) is 0 Å². The molecule has 2 aliphatic rings. The molecule has 1 aromatic carbocycles. The number of carbonyl (C=O) groups excluding carboxylic acids is 2. The number of hydrogen-bond donors (Lipinski definition) is 0. The molecule has 0 saturated carbocycles. The van der Waals surface area contributed by atoms with Gasteiger partial charge in [-0.3, -0.25) is 19.1 Å². The fourth-order valence-electron chi connectivity index (χ4n) is 4.23. The Balaban J connectivity index is 1.92. The molecule has 1 fully saturated rings. The summed E-state index contributed by atoms with van der Waals surface area (Å²) in [4.78, 5) is 36.5. The van der Waals surface area contributed by atoms with Gasteiger partial charge in [0.25, 0.3) is 0 Å². The average molecular weight is 462 g/mol. The zero-order valence-corrected chi connectivity index (χ0v) is 18.6. The van der Waals surface area contributed by atoms with E-state index in [4.69, 9.17) is 20.6 Å². The van der Waals surface area contributed by atoms with E-state index in [0.717, 1.165) is 4.90 Å². The molecule has 3 unspecified atom stereocenters. The maximum atomic E-state index is 14.2. The standard InChI is InChI=1S/C21H21ClN3O5P/c1-3-29-31(28,30-4-2)21(14-9-6-5-7-10-14)17-15(13-24-21)19(26)25(20(17)27)16-11-8-12-23-18(16)22/h5-13,15,17H,3-4H2,1-2H3. The van der Waals surface area contributed by atoms with Crippen LogP contribution in [-0.2, 0) is 28.5 Å². The van der Waals surface area contributed by atoms with Gasteiger partial charge in [-0.05, 0) is 31.5 Å². The zero-order valence-electron chi connectivity index (χ0n) is 17.0. The molecule has 0 spiro atoms. The Morgan fingerprint density at radius 2 is 1.74 bits per heavy atom. The minimum atomic E-state index is -4.03. The number of benzene rings is 1. The molecule has 2 aromatic rings. The van der Waals surface area contributed by atoms with Crippen molar-refractivity contribution < 1.29 is 23.2 Å². The number of aromatic nitrogens is 1. The molecular weight excluding hydrogens is 441 g/mol. The molecule has 8 nitrogen and oxygen atoms in total. The molecule has 2 aliphatic heterocycles. The van der Waals surface area contributed by atoms with Crippen LogP contribution in [0.4, 0.5) is 5.69 Å². The topological polar surface area (TPSA) is 98.2 Å². The average Bonchev–Trinajstić information content (AvgIpc) is 3.28. The molecule has 4 rings (SSSR count). The van der Waals surface area contributed by atoms with Gasteiger partial charge in [0.2, 0.25) is 11.8 Å². The number of pyridine rings is 1. The third-order valence-corrected chi connectivity index (χ3v) is 8.39. The van der Waals surface area contributed by atoms with E-state index in [1.165, 1.54) is 18.5 Å². The predicted molar refractivity (Wildman–Crippen MR) is 116 cm³/mol. The van der Waals surface area contributed by atoms with Gasteiger partial charge in [-0.2, -0.15) is 0 Å². The highest BCUT2D eigenvalue weighted by Crippen LogP contribution is 2.72. The number of halogens is 1. The Morgan fingerprint density at radius 3 is 2.35 bits per heavy atom. The highest BCUT2D eigenvalue weighted by Gasteiger charge is 2.69. The lowest BCUT2D eigenvalue weighted by atomic mass is 9.87. The van der Waals surface area contributed by atoms with E-state index < -0.39 is 36.5 Å². The van der Waals surface area contributed by atoms with Crippen molar-refractivity contribution in [3.63, 3.8) is 0 Å². The molecule has 1 saturated heterocycles. The third kappa shape index (κ3) is 3.17. The van der Waals surface area contributed by atoms with Crippen molar-refractivity contribution in [3.8, 4) is 0 Å². The molecule has 0 radical (unpaired) electrons. The van der Waals surface area contributed by atoms with E-state index in [1.54, 1.807) is 50.2 Å². The van der Waals surface area contributed by atoms with Crippen LogP contribution < -0.4 is 4.90 Å². The van der Waals surface area contributed by atoms with Crippen LogP contribution in [0.15, 0.2) is 53.7 Å². The first-order chi connectivity index (χ1) is 14.9. The van der Waals surface area contributed by atoms with E-state index >= 15 is 0 Å². The lowest BCUT2D eigenvalue weighted by Crippen LogP contribution is -2.40. The van der Waals surface area contributed by atoms with Gasteiger partial charge in [0.05, 0.1) is 30.7 Å². The molecule has 0 aliphatic carbocycles. The fourth-order valence-corrected chi connectivity index (χ4v) is 6.87. The SMILES string of the molecule is CCOP(=O)(OCC)C1(c2ccccc2)N=CC2C(=O)N(c3cccnc3Cl)C(=O)C21. The van der Waals surface area contributed by atoms with E-state index in [1.807, 2.05) is 0 Å².